The minimum atomic E-state index is -0.569. The van der Waals surface area contributed by atoms with Gasteiger partial charge in [-0.15, -0.1) is 0 Å². The molecule has 1 aromatic heterocycles. The van der Waals surface area contributed by atoms with E-state index in [0.717, 1.165) is 12.1 Å². The van der Waals surface area contributed by atoms with E-state index >= 15 is 0 Å². The predicted octanol–water partition coefficient (Wildman–Crippen LogP) is 4.24. The molecule has 1 aromatic carbocycles. The monoisotopic (exact) mass is 310 g/mol. The van der Waals surface area contributed by atoms with Crippen LogP contribution in [0.25, 0.3) is 0 Å². The van der Waals surface area contributed by atoms with E-state index in [1.54, 1.807) is 18.2 Å². The Balaban J connectivity index is 1.96. The fourth-order valence-electron chi connectivity index (χ4n) is 1.69. The summed E-state index contributed by atoms with van der Waals surface area (Å²) < 4.78 is 10.5. The van der Waals surface area contributed by atoms with E-state index in [4.69, 9.17) is 20.8 Å². The molecule has 0 atom stereocenters. The van der Waals surface area contributed by atoms with E-state index in [2.05, 4.69) is 5.32 Å². The van der Waals surface area contributed by atoms with Gasteiger partial charge in [0.05, 0.1) is 24.2 Å². The molecule has 0 amide bonds. The molecule has 6 nitrogen and oxygen atoms in total. The van der Waals surface area contributed by atoms with Gasteiger partial charge in [0.25, 0.3) is 0 Å². The fourth-order valence-corrected chi connectivity index (χ4v) is 1.92. The van der Waals surface area contributed by atoms with Crippen LogP contribution >= 0.6 is 11.6 Å². The van der Waals surface area contributed by atoms with Gasteiger partial charge in [0, 0.05) is 5.69 Å². The molecule has 112 valence electrons. The van der Waals surface area contributed by atoms with Crippen LogP contribution in [-0.2, 0) is 6.54 Å². The van der Waals surface area contributed by atoms with E-state index in [0.29, 0.717) is 29.7 Å². The van der Waals surface area contributed by atoms with Crippen molar-refractivity contribution in [1.29, 1.82) is 0 Å². The summed E-state index contributed by atoms with van der Waals surface area (Å²) in [5.74, 6) is 0.843. The van der Waals surface area contributed by atoms with Crippen molar-refractivity contribution in [2.24, 2.45) is 0 Å². The standard InChI is InChI=1S/C14H15ClN2O4/c1-2-7-20-13-5-3-10(8-12(13)15)16-9-11-4-6-14(21-11)17(18)19/h3-6,8,16H,2,7,9H2,1H3. The molecule has 2 rings (SSSR count). The molecular weight excluding hydrogens is 296 g/mol. The highest BCUT2D eigenvalue weighted by molar-refractivity contribution is 6.32. The van der Waals surface area contributed by atoms with Gasteiger partial charge in [-0.1, -0.05) is 18.5 Å². The first-order chi connectivity index (χ1) is 10.1. The normalized spacial score (nSPS) is 10.4. The number of anilines is 1. The Bertz CT molecular complexity index is 627. The summed E-state index contributed by atoms with van der Waals surface area (Å²) in [7, 11) is 0. The van der Waals surface area contributed by atoms with Crippen LogP contribution in [-0.4, -0.2) is 11.5 Å². The molecule has 1 heterocycles. The van der Waals surface area contributed by atoms with Crippen molar-refractivity contribution < 1.29 is 14.1 Å². The maximum absolute atomic E-state index is 10.5. The van der Waals surface area contributed by atoms with Crippen molar-refractivity contribution in [3.8, 4) is 5.75 Å². The van der Waals surface area contributed by atoms with Crippen molar-refractivity contribution in [3.05, 3.63) is 51.2 Å². The molecule has 0 bridgehead atoms. The number of nitro groups is 1. The molecular formula is C14H15ClN2O4. The Morgan fingerprint density at radius 1 is 1.38 bits per heavy atom. The van der Waals surface area contributed by atoms with Crippen LogP contribution in [0.2, 0.25) is 5.02 Å². The third-order valence-corrected chi connectivity index (χ3v) is 2.98. The van der Waals surface area contributed by atoms with Gasteiger partial charge >= 0.3 is 5.88 Å². The van der Waals surface area contributed by atoms with Crippen molar-refractivity contribution in [2.45, 2.75) is 19.9 Å². The van der Waals surface area contributed by atoms with E-state index in [1.807, 2.05) is 13.0 Å². The lowest BCUT2D eigenvalue weighted by Crippen LogP contribution is -1.99. The van der Waals surface area contributed by atoms with Gasteiger partial charge < -0.3 is 14.5 Å². The summed E-state index contributed by atoms with van der Waals surface area (Å²) in [5.41, 5.74) is 0.780. The lowest BCUT2D eigenvalue weighted by atomic mass is 10.3. The maximum atomic E-state index is 10.5. The maximum Gasteiger partial charge on any atom is 0.433 e. The molecule has 0 saturated carbocycles. The Morgan fingerprint density at radius 2 is 2.19 bits per heavy atom. The molecule has 21 heavy (non-hydrogen) atoms. The van der Waals surface area contributed by atoms with E-state index in [9.17, 15) is 10.1 Å². The van der Waals surface area contributed by atoms with Crippen LogP contribution in [0, 0.1) is 10.1 Å². The molecule has 0 aliphatic heterocycles. The third kappa shape index (κ3) is 4.13. The molecule has 2 aromatic rings. The van der Waals surface area contributed by atoms with Gasteiger partial charge in [-0.2, -0.15) is 0 Å². The zero-order valence-electron chi connectivity index (χ0n) is 11.5. The number of hydrogen-bond donors (Lipinski definition) is 1. The van der Waals surface area contributed by atoms with Gasteiger partial charge in [-0.05, 0) is 30.7 Å². The van der Waals surface area contributed by atoms with Crippen LogP contribution in [0.1, 0.15) is 19.1 Å². The first-order valence-corrected chi connectivity index (χ1v) is 6.87. The average molecular weight is 311 g/mol. The lowest BCUT2D eigenvalue weighted by Gasteiger charge is -2.09. The molecule has 0 saturated heterocycles. The van der Waals surface area contributed by atoms with Crippen LogP contribution in [0.15, 0.2) is 34.7 Å². The second-order valence-electron chi connectivity index (χ2n) is 4.34. The van der Waals surface area contributed by atoms with Gasteiger partial charge in [-0.25, -0.2) is 0 Å². The van der Waals surface area contributed by atoms with Crippen molar-refractivity contribution >= 4 is 23.2 Å². The Kier molecular flexibility index (Phi) is 5.05. The number of rotatable bonds is 7. The van der Waals surface area contributed by atoms with E-state index in [-0.39, 0.29) is 5.88 Å². The third-order valence-electron chi connectivity index (χ3n) is 2.69. The van der Waals surface area contributed by atoms with Gasteiger partial charge in [0.2, 0.25) is 0 Å². The highest BCUT2D eigenvalue weighted by Gasteiger charge is 2.11. The molecule has 0 spiro atoms. The lowest BCUT2D eigenvalue weighted by molar-refractivity contribution is -0.402. The molecule has 0 aliphatic carbocycles. The quantitative estimate of drug-likeness (QED) is 0.611. The second kappa shape index (κ2) is 6.99. The number of benzene rings is 1. The molecule has 1 N–H and O–H groups in total. The Labute approximate surface area is 126 Å². The predicted molar refractivity (Wildman–Crippen MR) is 79.9 cm³/mol. The number of furan rings is 1. The zero-order chi connectivity index (χ0) is 15.2. The van der Waals surface area contributed by atoms with Crippen molar-refractivity contribution in [2.75, 3.05) is 11.9 Å². The number of halogens is 1. The number of nitrogens with one attached hydrogen (secondary N) is 1. The molecule has 0 radical (unpaired) electrons. The summed E-state index contributed by atoms with van der Waals surface area (Å²) in [6.45, 7) is 2.97. The number of hydrogen-bond acceptors (Lipinski definition) is 5. The average Bonchev–Trinajstić information content (AvgIpc) is 2.93. The topological polar surface area (TPSA) is 77.5 Å². The summed E-state index contributed by atoms with van der Waals surface area (Å²) in [6.07, 6.45) is 0.910. The highest BCUT2D eigenvalue weighted by atomic mass is 35.5. The first kappa shape index (κ1) is 15.2. The fraction of sp³-hybridized carbons (Fsp3) is 0.286. The van der Waals surface area contributed by atoms with Gasteiger partial charge in [-0.3, -0.25) is 10.1 Å². The summed E-state index contributed by atoms with van der Waals surface area (Å²) in [6, 6.07) is 8.24. The van der Waals surface area contributed by atoms with Crippen molar-refractivity contribution in [1.82, 2.24) is 0 Å². The molecule has 0 fully saturated rings. The number of nitrogens with zero attached hydrogens (tertiary/aromatic N) is 1. The van der Waals surface area contributed by atoms with Gasteiger partial charge in [0.1, 0.15) is 16.4 Å². The molecule has 7 heteroatoms. The highest BCUT2D eigenvalue weighted by Crippen LogP contribution is 2.28. The van der Waals surface area contributed by atoms with E-state index < -0.39 is 4.92 Å². The van der Waals surface area contributed by atoms with Crippen LogP contribution in [0.3, 0.4) is 0 Å². The summed E-state index contributed by atoms with van der Waals surface area (Å²) >= 11 is 6.11. The zero-order valence-corrected chi connectivity index (χ0v) is 12.2. The molecule has 0 unspecified atom stereocenters. The van der Waals surface area contributed by atoms with Crippen LogP contribution < -0.4 is 10.1 Å². The summed E-state index contributed by atoms with van der Waals surface area (Å²) in [4.78, 5) is 9.95. The minimum absolute atomic E-state index is 0.270. The minimum Gasteiger partial charge on any atom is -0.492 e. The second-order valence-corrected chi connectivity index (χ2v) is 4.75. The first-order valence-electron chi connectivity index (χ1n) is 6.49. The Hall–Kier alpha value is -2.21. The summed E-state index contributed by atoms with van der Waals surface area (Å²) in [5, 5.41) is 14.1. The van der Waals surface area contributed by atoms with Crippen molar-refractivity contribution in [3.63, 3.8) is 0 Å². The van der Waals surface area contributed by atoms with Crippen LogP contribution in [0.4, 0.5) is 11.6 Å². The smallest absolute Gasteiger partial charge is 0.433 e. The van der Waals surface area contributed by atoms with Gasteiger partial charge in [0.15, 0.2) is 0 Å². The van der Waals surface area contributed by atoms with E-state index in [1.165, 1.54) is 6.07 Å². The Morgan fingerprint density at radius 3 is 2.81 bits per heavy atom. The molecule has 0 aliphatic rings. The SMILES string of the molecule is CCCOc1ccc(NCc2ccc([N+](=O)[O-])o2)cc1Cl. The largest absolute Gasteiger partial charge is 0.492 e. The van der Waals surface area contributed by atoms with Crippen LogP contribution in [0.5, 0.6) is 5.75 Å². The number of ether oxygens (including phenoxy) is 1.